The molecule has 3 nitrogen and oxygen atoms in total. The van der Waals surface area contributed by atoms with E-state index in [1.807, 2.05) is 39.9 Å². The quantitative estimate of drug-likeness (QED) is 0.911. The fraction of sp³-hybridized carbons (Fsp3) is 0.267. The fourth-order valence-corrected chi connectivity index (χ4v) is 3.10. The number of carbonyl (C=O) groups is 1. The lowest BCUT2D eigenvalue weighted by Crippen LogP contribution is -2.48. The first-order valence-corrected chi connectivity index (χ1v) is 7.39. The summed E-state index contributed by atoms with van der Waals surface area (Å²) in [4.78, 5) is 14.5. The van der Waals surface area contributed by atoms with Gasteiger partial charge in [0.05, 0.1) is 11.6 Å². The van der Waals surface area contributed by atoms with Crippen LogP contribution in [0.1, 0.15) is 22.0 Å². The third kappa shape index (κ3) is 2.55. The summed E-state index contributed by atoms with van der Waals surface area (Å²) < 4.78 is 0. The van der Waals surface area contributed by atoms with Crippen molar-refractivity contribution in [2.24, 2.45) is 0 Å². The average molecular weight is 272 g/mol. The average Bonchev–Trinajstić information content (AvgIpc) is 3.02. The van der Waals surface area contributed by atoms with Crippen LogP contribution in [0.2, 0.25) is 0 Å². The predicted octanol–water partition coefficient (Wildman–Crippen LogP) is 2.53. The van der Waals surface area contributed by atoms with Gasteiger partial charge in [-0.3, -0.25) is 4.79 Å². The molecule has 1 saturated heterocycles. The molecule has 0 radical (unpaired) electrons. The molecule has 19 heavy (non-hydrogen) atoms. The molecular formula is C15H16N2OS. The molecule has 0 spiro atoms. The second-order valence-corrected chi connectivity index (χ2v) is 5.42. The van der Waals surface area contributed by atoms with Crippen molar-refractivity contribution < 1.29 is 4.79 Å². The maximum absolute atomic E-state index is 12.5. The lowest BCUT2D eigenvalue weighted by molar-refractivity contribution is 0.0635. The van der Waals surface area contributed by atoms with Crippen LogP contribution in [0.4, 0.5) is 0 Å². The minimum absolute atomic E-state index is 0.127. The molecule has 1 aromatic carbocycles. The van der Waals surface area contributed by atoms with Gasteiger partial charge in [0.15, 0.2) is 0 Å². The Morgan fingerprint density at radius 1 is 1.26 bits per heavy atom. The summed E-state index contributed by atoms with van der Waals surface area (Å²) in [6.07, 6.45) is 0. The first-order chi connectivity index (χ1) is 9.36. The summed E-state index contributed by atoms with van der Waals surface area (Å²) in [5.41, 5.74) is 1.99. The van der Waals surface area contributed by atoms with E-state index in [1.54, 1.807) is 11.3 Å². The number of piperazine rings is 1. The van der Waals surface area contributed by atoms with Crippen LogP contribution >= 0.6 is 11.3 Å². The molecule has 2 heterocycles. The SMILES string of the molecule is O=C(c1ccsc1)N1CCNC[C@H]1c1ccccc1. The predicted molar refractivity (Wildman–Crippen MR) is 77.4 cm³/mol. The van der Waals surface area contributed by atoms with Gasteiger partial charge in [0.1, 0.15) is 0 Å². The van der Waals surface area contributed by atoms with Crippen LogP contribution in [-0.2, 0) is 0 Å². The van der Waals surface area contributed by atoms with Gasteiger partial charge in [-0.05, 0) is 17.0 Å². The van der Waals surface area contributed by atoms with E-state index in [-0.39, 0.29) is 11.9 Å². The third-order valence-corrected chi connectivity index (χ3v) is 4.14. The Hall–Kier alpha value is -1.65. The maximum Gasteiger partial charge on any atom is 0.255 e. The minimum atomic E-state index is 0.127. The number of carbonyl (C=O) groups excluding carboxylic acids is 1. The van der Waals surface area contributed by atoms with Gasteiger partial charge >= 0.3 is 0 Å². The number of nitrogens with one attached hydrogen (secondary N) is 1. The highest BCUT2D eigenvalue weighted by Gasteiger charge is 2.28. The highest BCUT2D eigenvalue weighted by Crippen LogP contribution is 2.24. The van der Waals surface area contributed by atoms with Crippen LogP contribution in [0, 0.1) is 0 Å². The normalized spacial score (nSPS) is 19.4. The molecule has 1 fully saturated rings. The molecule has 3 rings (SSSR count). The number of amides is 1. The van der Waals surface area contributed by atoms with Crippen LogP contribution in [0.15, 0.2) is 47.2 Å². The smallest absolute Gasteiger partial charge is 0.255 e. The Bertz CT molecular complexity index is 539. The van der Waals surface area contributed by atoms with Crippen molar-refractivity contribution in [2.75, 3.05) is 19.6 Å². The molecule has 0 bridgehead atoms. The maximum atomic E-state index is 12.5. The van der Waals surface area contributed by atoms with Crippen LogP contribution in [0.3, 0.4) is 0 Å². The van der Waals surface area contributed by atoms with Crippen molar-refractivity contribution in [1.82, 2.24) is 10.2 Å². The van der Waals surface area contributed by atoms with E-state index >= 15 is 0 Å². The van der Waals surface area contributed by atoms with E-state index in [4.69, 9.17) is 0 Å². The van der Waals surface area contributed by atoms with E-state index < -0.39 is 0 Å². The largest absolute Gasteiger partial charge is 0.329 e. The molecule has 1 atom stereocenters. The Morgan fingerprint density at radius 3 is 2.84 bits per heavy atom. The zero-order chi connectivity index (χ0) is 13.1. The molecule has 0 saturated carbocycles. The summed E-state index contributed by atoms with van der Waals surface area (Å²) in [6, 6.07) is 12.3. The van der Waals surface area contributed by atoms with Gasteiger partial charge in [-0.1, -0.05) is 30.3 Å². The van der Waals surface area contributed by atoms with Crippen molar-refractivity contribution in [3.63, 3.8) is 0 Å². The van der Waals surface area contributed by atoms with Crippen LogP contribution in [0.5, 0.6) is 0 Å². The van der Waals surface area contributed by atoms with Crippen molar-refractivity contribution in [2.45, 2.75) is 6.04 Å². The molecular weight excluding hydrogens is 256 g/mol. The Morgan fingerprint density at radius 2 is 2.11 bits per heavy atom. The fourth-order valence-electron chi connectivity index (χ4n) is 2.47. The monoisotopic (exact) mass is 272 g/mol. The summed E-state index contributed by atoms with van der Waals surface area (Å²) in [7, 11) is 0. The zero-order valence-corrected chi connectivity index (χ0v) is 11.4. The number of thiophene rings is 1. The molecule has 1 aliphatic rings. The lowest BCUT2D eigenvalue weighted by atomic mass is 10.0. The topological polar surface area (TPSA) is 32.3 Å². The number of nitrogens with zero attached hydrogens (tertiary/aromatic N) is 1. The molecule has 4 heteroatoms. The van der Waals surface area contributed by atoms with Crippen molar-refractivity contribution in [1.29, 1.82) is 0 Å². The van der Waals surface area contributed by atoms with Crippen molar-refractivity contribution in [3.05, 3.63) is 58.3 Å². The number of hydrogen-bond acceptors (Lipinski definition) is 3. The second kappa shape index (κ2) is 5.55. The Kier molecular flexibility index (Phi) is 3.62. The molecule has 1 amide bonds. The van der Waals surface area contributed by atoms with E-state index in [0.29, 0.717) is 0 Å². The van der Waals surface area contributed by atoms with Crippen molar-refractivity contribution >= 4 is 17.2 Å². The summed E-state index contributed by atoms with van der Waals surface area (Å²) in [5.74, 6) is 0.136. The molecule has 1 aromatic heterocycles. The van der Waals surface area contributed by atoms with E-state index in [9.17, 15) is 4.79 Å². The number of benzene rings is 1. The van der Waals surface area contributed by atoms with Crippen molar-refractivity contribution in [3.8, 4) is 0 Å². The van der Waals surface area contributed by atoms with Crippen LogP contribution in [0.25, 0.3) is 0 Å². The standard InChI is InChI=1S/C15H16N2OS/c18-15(13-6-9-19-11-13)17-8-7-16-10-14(17)12-4-2-1-3-5-12/h1-6,9,11,14,16H,7-8,10H2/t14-/m0/s1. The molecule has 0 unspecified atom stereocenters. The summed E-state index contributed by atoms with van der Waals surface area (Å²) >= 11 is 1.57. The zero-order valence-electron chi connectivity index (χ0n) is 10.6. The van der Waals surface area contributed by atoms with Crippen LogP contribution in [-0.4, -0.2) is 30.4 Å². The first-order valence-electron chi connectivity index (χ1n) is 6.45. The Balaban J connectivity index is 1.87. The molecule has 1 aliphatic heterocycles. The Labute approximate surface area is 116 Å². The summed E-state index contributed by atoms with van der Waals surface area (Å²) in [5, 5.41) is 7.25. The van der Waals surface area contributed by atoms with Crippen LogP contribution < -0.4 is 5.32 Å². The van der Waals surface area contributed by atoms with Gasteiger partial charge in [-0.15, -0.1) is 0 Å². The van der Waals surface area contributed by atoms with Gasteiger partial charge in [0.25, 0.3) is 5.91 Å². The van der Waals surface area contributed by atoms with Gasteiger partial charge < -0.3 is 10.2 Å². The number of rotatable bonds is 2. The summed E-state index contributed by atoms with van der Waals surface area (Å²) in [6.45, 7) is 2.44. The van der Waals surface area contributed by atoms with E-state index in [2.05, 4.69) is 17.4 Å². The first kappa shape index (κ1) is 12.4. The molecule has 98 valence electrons. The van der Waals surface area contributed by atoms with E-state index in [0.717, 1.165) is 25.2 Å². The lowest BCUT2D eigenvalue weighted by Gasteiger charge is -2.36. The second-order valence-electron chi connectivity index (χ2n) is 4.64. The van der Waals surface area contributed by atoms with Gasteiger partial charge in [-0.2, -0.15) is 11.3 Å². The third-order valence-electron chi connectivity index (χ3n) is 3.46. The van der Waals surface area contributed by atoms with Gasteiger partial charge in [0, 0.05) is 25.0 Å². The molecule has 0 aliphatic carbocycles. The molecule has 1 N–H and O–H groups in total. The van der Waals surface area contributed by atoms with Gasteiger partial charge in [0.2, 0.25) is 0 Å². The molecule has 2 aromatic rings. The minimum Gasteiger partial charge on any atom is -0.329 e. The van der Waals surface area contributed by atoms with Gasteiger partial charge in [-0.25, -0.2) is 0 Å². The number of hydrogen-bond donors (Lipinski definition) is 1. The highest BCUT2D eigenvalue weighted by atomic mass is 32.1. The highest BCUT2D eigenvalue weighted by molar-refractivity contribution is 7.08. The van der Waals surface area contributed by atoms with E-state index in [1.165, 1.54) is 5.56 Å².